The fraction of sp³-hybridized carbons (Fsp3) is 0. The fourth-order valence-corrected chi connectivity index (χ4v) is 5.66. The summed E-state index contributed by atoms with van der Waals surface area (Å²) in [6.45, 7) is 4.38. The Balaban J connectivity index is 1.32. The van der Waals surface area contributed by atoms with Crippen molar-refractivity contribution >= 4 is 37.1 Å². The molecule has 0 atom stereocenters. The van der Waals surface area contributed by atoms with Crippen LogP contribution >= 0.6 is 11.3 Å². The molecule has 5 aromatic carbocycles. The Morgan fingerprint density at radius 1 is 0.485 bits per heavy atom. The molecule has 1 heterocycles. The Morgan fingerprint density at radius 2 is 1.06 bits per heavy atom. The molecule has 6 rings (SSSR count). The van der Waals surface area contributed by atoms with E-state index in [0.717, 1.165) is 16.7 Å². The van der Waals surface area contributed by atoms with Crippen molar-refractivity contribution in [3.05, 3.63) is 139 Å². The van der Waals surface area contributed by atoms with Gasteiger partial charge in [-0.2, -0.15) is 0 Å². The van der Waals surface area contributed by atoms with E-state index in [1.807, 2.05) is 17.4 Å². The lowest BCUT2D eigenvalue weighted by Gasteiger charge is -2.10. The number of rotatable bonds is 4. The third-order valence-corrected chi connectivity index (χ3v) is 7.42. The molecule has 0 aliphatic heterocycles. The van der Waals surface area contributed by atoms with Gasteiger partial charge >= 0.3 is 0 Å². The third kappa shape index (κ3) is 3.57. The molecule has 33 heavy (non-hydrogen) atoms. The van der Waals surface area contributed by atoms with Gasteiger partial charge in [-0.25, -0.2) is 0 Å². The van der Waals surface area contributed by atoms with Gasteiger partial charge in [0, 0.05) is 20.2 Å². The second-order valence-electron chi connectivity index (χ2n) is 8.28. The van der Waals surface area contributed by atoms with Crippen LogP contribution in [0.2, 0.25) is 0 Å². The second-order valence-corrected chi connectivity index (χ2v) is 9.36. The third-order valence-electron chi connectivity index (χ3n) is 6.29. The van der Waals surface area contributed by atoms with Crippen molar-refractivity contribution in [2.75, 3.05) is 0 Å². The molecule has 0 spiro atoms. The molecule has 0 fully saturated rings. The van der Waals surface area contributed by atoms with Gasteiger partial charge in [-0.1, -0.05) is 116 Å². The van der Waals surface area contributed by atoms with E-state index < -0.39 is 0 Å². The summed E-state index contributed by atoms with van der Waals surface area (Å²) in [5.41, 5.74) is 8.31. The summed E-state index contributed by atoms with van der Waals surface area (Å²) in [5, 5.41) is 2.68. The van der Waals surface area contributed by atoms with E-state index in [1.165, 1.54) is 42.4 Å². The highest BCUT2D eigenvalue weighted by molar-refractivity contribution is 7.25. The van der Waals surface area contributed by atoms with E-state index in [4.69, 9.17) is 0 Å². The lowest BCUT2D eigenvalue weighted by atomic mass is 9.94. The van der Waals surface area contributed by atoms with Crippen LogP contribution in [-0.4, -0.2) is 0 Å². The van der Waals surface area contributed by atoms with Gasteiger partial charge in [0.2, 0.25) is 0 Å². The summed E-state index contributed by atoms with van der Waals surface area (Å²) < 4.78 is 2.67. The van der Waals surface area contributed by atoms with Crippen LogP contribution in [0.4, 0.5) is 0 Å². The largest absolute Gasteiger partial charge is 0.135 e. The normalized spacial score (nSPS) is 11.2. The molecular weight excluding hydrogens is 416 g/mol. The van der Waals surface area contributed by atoms with Crippen molar-refractivity contribution in [1.29, 1.82) is 0 Å². The van der Waals surface area contributed by atoms with Crippen LogP contribution in [-0.2, 0) is 0 Å². The predicted octanol–water partition coefficient (Wildman–Crippen LogP) is 9.45. The average Bonchev–Trinajstić information content (AvgIpc) is 3.28. The second kappa shape index (κ2) is 8.20. The molecule has 0 nitrogen and oxygen atoms in total. The van der Waals surface area contributed by atoms with Crippen molar-refractivity contribution in [1.82, 2.24) is 0 Å². The quantitative estimate of drug-likeness (QED) is 0.257. The van der Waals surface area contributed by atoms with Crippen molar-refractivity contribution < 1.29 is 0 Å². The Morgan fingerprint density at radius 3 is 1.79 bits per heavy atom. The molecule has 1 aromatic heterocycles. The highest BCUT2D eigenvalue weighted by Gasteiger charge is 2.11. The van der Waals surface area contributed by atoms with Crippen LogP contribution in [0.3, 0.4) is 0 Å². The molecule has 156 valence electrons. The van der Waals surface area contributed by atoms with Crippen molar-refractivity contribution in [3.8, 4) is 22.3 Å². The van der Waals surface area contributed by atoms with Gasteiger partial charge in [-0.15, -0.1) is 11.3 Å². The van der Waals surface area contributed by atoms with E-state index in [1.54, 1.807) is 0 Å². The molecule has 0 unspecified atom stereocenters. The number of benzene rings is 5. The Kier molecular flexibility index (Phi) is 4.90. The molecule has 0 N–H and O–H groups in total. The van der Waals surface area contributed by atoms with E-state index >= 15 is 0 Å². The van der Waals surface area contributed by atoms with Gasteiger partial charge in [0.15, 0.2) is 0 Å². The number of hydrogen-bond acceptors (Lipinski definition) is 1. The zero-order valence-electron chi connectivity index (χ0n) is 18.2. The van der Waals surface area contributed by atoms with E-state index in [9.17, 15) is 0 Å². The lowest BCUT2D eigenvalue weighted by Crippen LogP contribution is -1.88. The number of thiophene rings is 1. The first-order valence-electron chi connectivity index (χ1n) is 11.1. The minimum atomic E-state index is 1.04. The number of hydrogen-bond donors (Lipinski definition) is 0. The Hall–Kier alpha value is -3.94. The zero-order chi connectivity index (χ0) is 22.2. The molecule has 0 aliphatic carbocycles. The molecule has 0 saturated heterocycles. The first-order valence-corrected chi connectivity index (χ1v) is 12.0. The number of fused-ring (bicyclic) bond motifs is 3. The first kappa shape index (κ1) is 19.7. The van der Waals surface area contributed by atoms with Crippen molar-refractivity contribution in [2.24, 2.45) is 0 Å². The van der Waals surface area contributed by atoms with E-state index in [0.29, 0.717) is 0 Å². The molecule has 0 radical (unpaired) electrons. The van der Waals surface area contributed by atoms with Gasteiger partial charge in [0.05, 0.1) is 0 Å². The fourth-order valence-electron chi connectivity index (χ4n) is 4.53. The van der Waals surface area contributed by atoms with Crippen LogP contribution < -0.4 is 0 Å². The average molecular weight is 439 g/mol. The van der Waals surface area contributed by atoms with Crippen molar-refractivity contribution in [3.63, 3.8) is 0 Å². The van der Waals surface area contributed by atoms with Crippen LogP contribution in [0.15, 0.2) is 128 Å². The standard InChI is InChI=1S/C32H22S/c1-22(23-14-18-26(19-15-23)25-8-3-2-4-9-25)24-16-20-27(21-17-24)28-11-7-13-31-32(28)29-10-5-6-12-30(29)33-31/h2-21H,1H2. The highest BCUT2D eigenvalue weighted by Crippen LogP contribution is 2.40. The van der Waals surface area contributed by atoms with E-state index in [2.05, 4.69) is 122 Å². The molecule has 1 heteroatoms. The minimum Gasteiger partial charge on any atom is -0.135 e. The minimum absolute atomic E-state index is 1.04. The molecule has 0 saturated carbocycles. The van der Waals surface area contributed by atoms with Crippen LogP contribution in [0, 0.1) is 0 Å². The highest BCUT2D eigenvalue weighted by atomic mass is 32.1. The van der Waals surface area contributed by atoms with Crippen LogP contribution in [0.1, 0.15) is 11.1 Å². The maximum atomic E-state index is 4.38. The maximum Gasteiger partial charge on any atom is 0.0361 e. The Labute approximate surface area is 198 Å². The van der Waals surface area contributed by atoms with Crippen LogP contribution in [0.5, 0.6) is 0 Å². The molecule has 0 amide bonds. The summed E-state index contributed by atoms with van der Waals surface area (Å²) in [7, 11) is 0. The molecular formula is C32H22S. The summed E-state index contributed by atoms with van der Waals surface area (Å²) in [4.78, 5) is 0. The Bertz CT molecular complexity index is 1580. The molecule has 0 bridgehead atoms. The smallest absolute Gasteiger partial charge is 0.0361 e. The first-order chi connectivity index (χ1) is 16.3. The van der Waals surface area contributed by atoms with Crippen LogP contribution in [0.25, 0.3) is 48.0 Å². The topological polar surface area (TPSA) is 0 Å². The molecule has 0 aliphatic rings. The predicted molar refractivity (Wildman–Crippen MR) is 145 cm³/mol. The summed E-state index contributed by atoms with van der Waals surface area (Å²) in [6.07, 6.45) is 0. The SMILES string of the molecule is C=C(c1ccc(-c2ccccc2)cc1)c1ccc(-c2cccc3sc4ccccc4c23)cc1. The lowest BCUT2D eigenvalue weighted by molar-refractivity contribution is 1.54. The maximum absolute atomic E-state index is 4.38. The van der Waals surface area contributed by atoms with Gasteiger partial charge in [0.1, 0.15) is 0 Å². The van der Waals surface area contributed by atoms with Gasteiger partial charge in [0.25, 0.3) is 0 Å². The zero-order valence-corrected chi connectivity index (χ0v) is 19.0. The van der Waals surface area contributed by atoms with Crippen molar-refractivity contribution in [2.45, 2.75) is 0 Å². The van der Waals surface area contributed by atoms with Gasteiger partial charge in [-0.3, -0.25) is 0 Å². The van der Waals surface area contributed by atoms with Gasteiger partial charge < -0.3 is 0 Å². The summed E-state index contributed by atoms with van der Waals surface area (Å²) in [6, 6.07) is 43.3. The molecule has 6 aromatic rings. The monoisotopic (exact) mass is 438 g/mol. The summed E-state index contributed by atoms with van der Waals surface area (Å²) in [5.74, 6) is 0. The van der Waals surface area contributed by atoms with E-state index in [-0.39, 0.29) is 0 Å². The van der Waals surface area contributed by atoms with Gasteiger partial charge in [-0.05, 0) is 51.1 Å². The summed E-state index contributed by atoms with van der Waals surface area (Å²) >= 11 is 1.86.